The zero-order valence-corrected chi connectivity index (χ0v) is 8.36. The molecule has 2 fully saturated rings. The van der Waals surface area contributed by atoms with Gasteiger partial charge in [0.25, 0.3) is 0 Å². The standard InChI is InChI=1S/C9H16O2S/c1-12-8-2-4-9(5-3-8)6-7-10-11-9/h8H,2-7H2,1H3. The average molecular weight is 188 g/mol. The maximum absolute atomic E-state index is 5.36. The maximum atomic E-state index is 5.36. The summed E-state index contributed by atoms with van der Waals surface area (Å²) < 4.78 is 0. The van der Waals surface area contributed by atoms with Crippen molar-refractivity contribution in [3.8, 4) is 0 Å². The molecule has 0 bridgehead atoms. The molecule has 1 spiro atoms. The molecule has 1 heterocycles. The molecular weight excluding hydrogens is 172 g/mol. The van der Waals surface area contributed by atoms with Crippen molar-refractivity contribution in [1.29, 1.82) is 0 Å². The van der Waals surface area contributed by atoms with Crippen molar-refractivity contribution < 1.29 is 9.78 Å². The van der Waals surface area contributed by atoms with Crippen LogP contribution >= 0.6 is 11.8 Å². The van der Waals surface area contributed by atoms with E-state index in [0.29, 0.717) is 0 Å². The van der Waals surface area contributed by atoms with Crippen LogP contribution in [0.2, 0.25) is 0 Å². The lowest BCUT2D eigenvalue weighted by Gasteiger charge is -2.33. The van der Waals surface area contributed by atoms with Gasteiger partial charge in [-0.15, -0.1) is 0 Å². The Labute approximate surface area is 77.9 Å². The number of rotatable bonds is 1. The Hall–Kier alpha value is 0.270. The van der Waals surface area contributed by atoms with Crippen LogP contribution in [0, 0.1) is 0 Å². The lowest BCUT2D eigenvalue weighted by molar-refractivity contribution is -0.314. The fourth-order valence-electron chi connectivity index (χ4n) is 2.12. The first-order chi connectivity index (χ1) is 5.85. The highest BCUT2D eigenvalue weighted by Crippen LogP contribution is 2.40. The largest absolute Gasteiger partial charge is 0.236 e. The second kappa shape index (κ2) is 3.56. The van der Waals surface area contributed by atoms with Crippen LogP contribution in [0.5, 0.6) is 0 Å². The molecule has 0 radical (unpaired) electrons. The molecule has 70 valence electrons. The minimum absolute atomic E-state index is 0.117. The van der Waals surface area contributed by atoms with Gasteiger partial charge in [-0.2, -0.15) is 11.8 Å². The number of thioether (sulfide) groups is 1. The topological polar surface area (TPSA) is 18.5 Å². The summed E-state index contributed by atoms with van der Waals surface area (Å²) in [6, 6.07) is 0. The molecule has 12 heavy (non-hydrogen) atoms. The van der Waals surface area contributed by atoms with Crippen LogP contribution in [0.4, 0.5) is 0 Å². The van der Waals surface area contributed by atoms with Gasteiger partial charge in [-0.1, -0.05) is 0 Å². The average Bonchev–Trinajstić information content (AvgIpc) is 2.55. The Morgan fingerprint density at radius 2 is 2.00 bits per heavy atom. The molecule has 0 aromatic heterocycles. The van der Waals surface area contributed by atoms with Crippen molar-refractivity contribution in [2.75, 3.05) is 12.9 Å². The first-order valence-electron chi connectivity index (χ1n) is 4.68. The molecule has 0 amide bonds. The number of hydrogen-bond acceptors (Lipinski definition) is 3. The van der Waals surface area contributed by atoms with E-state index in [-0.39, 0.29) is 5.60 Å². The third kappa shape index (κ3) is 1.63. The summed E-state index contributed by atoms with van der Waals surface area (Å²) in [4.78, 5) is 10.4. The van der Waals surface area contributed by atoms with Gasteiger partial charge in [-0.3, -0.25) is 0 Å². The number of hydrogen-bond donors (Lipinski definition) is 0. The van der Waals surface area contributed by atoms with E-state index in [1.807, 2.05) is 11.8 Å². The lowest BCUT2D eigenvalue weighted by atomic mass is 9.83. The maximum Gasteiger partial charge on any atom is 0.106 e. The molecular formula is C9H16O2S. The van der Waals surface area contributed by atoms with E-state index in [1.165, 1.54) is 25.7 Å². The zero-order chi connectivity index (χ0) is 8.44. The van der Waals surface area contributed by atoms with E-state index in [1.54, 1.807) is 0 Å². The smallest absolute Gasteiger partial charge is 0.106 e. The van der Waals surface area contributed by atoms with E-state index in [0.717, 1.165) is 18.3 Å². The summed E-state index contributed by atoms with van der Waals surface area (Å²) in [5, 5.41) is 0.861. The van der Waals surface area contributed by atoms with Gasteiger partial charge in [-0.25, -0.2) is 9.78 Å². The Bertz CT molecular complexity index is 145. The Morgan fingerprint density at radius 1 is 1.25 bits per heavy atom. The van der Waals surface area contributed by atoms with Crippen molar-refractivity contribution in [2.24, 2.45) is 0 Å². The third-order valence-corrected chi connectivity index (χ3v) is 4.19. The van der Waals surface area contributed by atoms with Gasteiger partial charge < -0.3 is 0 Å². The van der Waals surface area contributed by atoms with Gasteiger partial charge in [0, 0.05) is 11.7 Å². The molecule has 2 aliphatic rings. The lowest BCUT2D eigenvalue weighted by Crippen LogP contribution is -2.33. The predicted molar refractivity (Wildman–Crippen MR) is 50.2 cm³/mol. The molecule has 0 N–H and O–H groups in total. The summed E-state index contributed by atoms with van der Waals surface area (Å²) >= 11 is 1.99. The highest BCUT2D eigenvalue weighted by atomic mass is 32.2. The summed E-state index contributed by atoms with van der Waals surface area (Å²) in [5.41, 5.74) is 0.117. The second-order valence-corrected chi connectivity index (χ2v) is 4.91. The fourth-order valence-corrected chi connectivity index (χ4v) is 2.83. The third-order valence-electron chi connectivity index (χ3n) is 3.05. The Balaban J connectivity index is 1.88. The van der Waals surface area contributed by atoms with Crippen molar-refractivity contribution in [1.82, 2.24) is 0 Å². The molecule has 0 aromatic carbocycles. The summed E-state index contributed by atoms with van der Waals surface area (Å²) in [6.45, 7) is 0.796. The minimum Gasteiger partial charge on any atom is -0.236 e. The first-order valence-corrected chi connectivity index (χ1v) is 5.97. The fraction of sp³-hybridized carbons (Fsp3) is 1.00. The molecule has 1 saturated carbocycles. The van der Waals surface area contributed by atoms with Gasteiger partial charge in [0.2, 0.25) is 0 Å². The molecule has 0 aromatic rings. The van der Waals surface area contributed by atoms with E-state index >= 15 is 0 Å². The molecule has 1 aliphatic carbocycles. The van der Waals surface area contributed by atoms with Crippen LogP contribution in [-0.4, -0.2) is 23.7 Å². The zero-order valence-electron chi connectivity index (χ0n) is 7.54. The molecule has 0 atom stereocenters. The van der Waals surface area contributed by atoms with Crippen LogP contribution < -0.4 is 0 Å². The van der Waals surface area contributed by atoms with E-state index in [4.69, 9.17) is 9.78 Å². The quantitative estimate of drug-likeness (QED) is 0.589. The summed E-state index contributed by atoms with van der Waals surface area (Å²) in [7, 11) is 0. The molecule has 1 saturated heterocycles. The van der Waals surface area contributed by atoms with Crippen LogP contribution in [0.1, 0.15) is 32.1 Å². The normalized spacial score (nSPS) is 42.2. The van der Waals surface area contributed by atoms with Crippen LogP contribution in [0.3, 0.4) is 0 Å². The molecule has 1 aliphatic heterocycles. The van der Waals surface area contributed by atoms with Gasteiger partial charge in [-0.05, 0) is 31.9 Å². The summed E-state index contributed by atoms with van der Waals surface area (Å²) in [6.07, 6.45) is 8.29. The Morgan fingerprint density at radius 3 is 2.50 bits per heavy atom. The van der Waals surface area contributed by atoms with Crippen molar-refractivity contribution in [3.05, 3.63) is 0 Å². The van der Waals surface area contributed by atoms with Crippen LogP contribution in [0.25, 0.3) is 0 Å². The van der Waals surface area contributed by atoms with Crippen molar-refractivity contribution in [3.63, 3.8) is 0 Å². The van der Waals surface area contributed by atoms with Gasteiger partial charge in [0.15, 0.2) is 0 Å². The minimum atomic E-state index is 0.117. The van der Waals surface area contributed by atoms with E-state index in [2.05, 4.69) is 6.26 Å². The summed E-state index contributed by atoms with van der Waals surface area (Å²) in [5.74, 6) is 0. The Kier molecular flexibility index (Phi) is 2.63. The molecule has 0 unspecified atom stereocenters. The highest BCUT2D eigenvalue weighted by Gasteiger charge is 2.40. The van der Waals surface area contributed by atoms with Gasteiger partial charge in [0.1, 0.15) is 5.60 Å². The predicted octanol–water partition coefficient (Wildman–Crippen LogP) is 2.38. The van der Waals surface area contributed by atoms with Gasteiger partial charge in [0.05, 0.1) is 6.61 Å². The van der Waals surface area contributed by atoms with Crippen molar-refractivity contribution in [2.45, 2.75) is 43.0 Å². The van der Waals surface area contributed by atoms with Crippen molar-refractivity contribution >= 4 is 11.8 Å². The van der Waals surface area contributed by atoms with E-state index in [9.17, 15) is 0 Å². The molecule has 2 rings (SSSR count). The van der Waals surface area contributed by atoms with E-state index < -0.39 is 0 Å². The van der Waals surface area contributed by atoms with Crippen LogP contribution in [0.15, 0.2) is 0 Å². The highest BCUT2D eigenvalue weighted by molar-refractivity contribution is 7.99. The van der Waals surface area contributed by atoms with Gasteiger partial charge >= 0.3 is 0 Å². The SMILES string of the molecule is CSC1CCC2(CCOO2)CC1. The van der Waals surface area contributed by atoms with Crippen LogP contribution in [-0.2, 0) is 9.78 Å². The molecule has 3 heteroatoms. The first kappa shape index (κ1) is 8.85. The molecule has 2 nitrogen and oxygen atoms in total. The monoisotopic (exact) mass is 188 g/mol. The second-order valence-electron chi connectivity index (χ2n) is 3.77.